The molecule has 0 bridgehead atoms. The number of aryl methyl sites for hydroxylation is 2. The third kappa shape index (κ3) is 3.92. The molecule has 1 N–H and O–H groups in total. The molecule has 2 heteroatoms. The Morgan fingerprint density at radius 2 is 1.62 bits per heavy atom. The lowest BCUT2D eigenvalue weighted by Gasteiger charge is -2.20. The summed E-state index contributed by atoms with van der Waals surface area (Å²) in [5, 5.41) is 10.4. The zero-order valence-electron chi connectivity index (χ0n) is 13.6. The lowest BCUT2D eigenvalue weighted by Crippen LogP contribution is -2.11. The van der Waals surface area contributed by atoms with Crippen LogP contribution in [0, 0.1) is 13.8 Å². The number of aliphatic hydroxyl groups excluding tert-OH is 1. The predicted molar refractivity (Wildman–Crippen MR) is 87.5 cm³/mol. The van der Waals surface area contributed by atoms with Gasteiger partial charge in [-0.05, 0) is 36.5 Å². The van der Waals surface area contributed by atoms with E-state index in [2.05, 4.69) is 50.0 Å². The van der Waals surface area contributed by atoms with Gasteiger partial charge in [0.05, 0.1) is 6.10 Å². The number of pyridine rings is 1. The molecular formula is C19H25NO. The molecule has 1 aromatic carbocycles. The summed E-state index contributed by atoms with van der Waals surface area (Å²) in [5.41, 5.74) is 5.44. The van der Waals surface area contributed by atoms with Crippen molar-refractivity contribution in [1.29, 1.82) is 0 Å². The summed E-state index contributed by atoms with van der Waals surface area (Å²) in [6, 6.07) is 12.5. The molecule has 2 aromatic rings. The van der Waals surface area contributed by atoms with Crippen LogP contribution in [0.3, 0.4) is 0 Å². The van der Waals surface area contributed by atoms with Gasteiger partial charge < -0.3 is 5.11 Å². The first-order valence-electron chi connectivity index (χ1n) is 7.49. The normalized spacial score (nSPS) is 13.2. The Morgan fingerprint density at radius 1 is 1.00 bits per heavy atom. The van der Waals surface area contributed by atoms with Gasteiger partial charge in [0.2, 0.25) is 0 Å². The summed E-state index contributed by atoms with van der Waals surface area (Å²) < 4.78 is 0. The molecule has 0 saturated carbocycles. The van der Waals surface area contributed by atoms with E-state index in [0.717, 1.165) is 22.5 Å². The molecule has 2 rings (SSSR count). The van der Waals surface area contributed by atoms with Crippen molar-refractivity contribution in [3.05, 3.63) is 64.5 Å². The Bertz CT molecular complexity index is 608. The minimum atomic E-state index is -0.501. The molecule has 21 heavy (non-hydrogen) atoms. The minimum absolute atomic E-state index is 0.161. The molecule has 0 fully saturated rings. The van der Waals surface area contributed by atoms with E-state index < -0.39 is 6.10 Å². The van der Waals surface area contributed by atoms with Gasteiger partial charge in [-0.25, -0.2) is 0 Å². The molecule has 1 heterocycles. The van der Waals surface area contributed by atoms with E-state index >= 15 is 0 Å². The van der Waals surface area contributed by atoms with Crippen molar-refractivity contribution in [1.82, 2.24) is 4.98 Å². The maximum Gasteiger partial charge on any atom is 0.0847 e. The van der Waals surface area contributed by atoms with Crippen molar-refractivity contribution < 1.29 is 5.11 Å². The first kappa shape index (κ1) is 15.7. The first-order valence-corrected chi connectivity index (χ1v) is 7.49. The first-order chi connectivity index (χ1) is 9.77. The Labute approximate surface area is 127 Å². The number of hydrogen-bond donors (Lipinski definition) is 1. The molecule has 0 aliphatic carbocycles. The third-order valence-electron chi connectivity index (χ3n) is 3.87. The van der Waals surface area contributed by atoms with Crippen LogP contribution in [0.1, 0.15) is 55.0 Å². The number of hydrogen-bond acceptors (Lipinski definition) is 2. The average Bonchev–Trinajstić information content (AvgIpc) is 2.38. The van der Waals surface area contributed by atoms with Crippen LogP contribution in [0.4, 0.5) is 0 Å². The van der Waals surface area contributed by atoms with Gasteiger partial charge in [-0.2, -0.15) is 0 Å². The summed E-state index contributed by atoms with van der Waals surface area (Å²) in [5.74, 6) is 0. The topological polar surface area (TPSA) is 33.1 Å². The van der Waals surface area contributed by atoms with Crippen molar-refractivity contribution in [2.75, 3.05) is 0 Å². The Kier molecular flexibility index (Phi) is 4.48. The van der Waals surface area contributed by atoms with E-state index in [0.29, 0.717) is 6.42 Å². The van der Waals surface area contributed by atoms with E-state index in [4.69, 9.17) is 0 Å². The molecule has 0 spiro atoms. The number of aliphatic hydroxyl groups is 1. The van der Waals surface area contributed by atoms with E-state index in [9.17, 15) is 5.11 Å². The van der Waals surface area contributed by atoms with Crippen LogP contribution >= 0.6 is 0 Å². The number of nitrogens with zero attached hydrogens (tertiary/aromatic N) is 1. The summed E-state index contributed by atoms with van der Waals surface area (Å²) in [6.45, 7) is 10.5. The fourth-order valence-electron chi connectivity index (χ4n) is 2.52. The highest BCUT2D eigenvalue weighted by Crippen LogP contribution is 2.25. The van der Waals surface area contributed by atoms with E-state index in [1.165, 1.54) is 5.56 Å². The highest BCUT2D eigenvalue weighted by atomic mass is 16.3. The largest absolute Gasteiger partial charge is 0.388 e. The number of benzene rings is 1. The van der Waals surface area contributed by atoms with Crippen LogP contribution in [-0.2, 0) is 11.8 Å². The molecule has 0 saturated heterocycles. The van der Waals surface area contributed by atoms with Gasteiger partial charge in [0.1, 0.15) is 0 Å². The second-order valence-electron chi connectivity index (χ2n) is 6.79. The minimum Gasteiger partial charge on any atom is -0.388 e. The smallest absolute Gasteiger partial charge is 0.0847 e. The van der Waals surface area contributed by atoms with Gasteiger partial charge in [-0.15, -0.1) is 0 Å². The van der Waals surface area contributed by atoms with Crippen molar-refractivity contribution >= 4 is 0 Å². The molecule has 1 atom stereocenters. The standard InChI is InChI=1S/C19H25NO/c1-13-6-11-17(14(2)20-13)18(21)12-15-7-9-16(10-8-15)19(3,4)5/h6-11,18,21H,12H2,1-5H3. The van der Waals surface area contributed by atoms with Crippen molar-refractivity contribution in [2.45, 2.75) is 52.6 Å². The molecule has 112 valence electrons. The fraction of sp³-hybridized carbons (Fsp3) is 0.421. The van der Waals surface area contributed by atoms with Crippen LogP contribution in [0.25, 0.3) is 0 Å². The molecule has 0 radical (unpaired) electrons. The third-order valence-corrected chi connectivity index (χ3v) is 3.87. The molecule has 1 aromatic heterocycles. The van der Waals surface area contributed by atoms with E-state index in [1.807, 2.05) is 26.0 Å². The lowest BCUT2D eigenvalue weighted by molar-refractivity contribution is 0.177. The summed E-state index contributed by atoms with van der Waals surface area (Å²) in [7, 11) is 0. The van der Waals surface area contributed by atoms with Crippen LogP contribution < -0.4 is 0 Å². The van der Waals surface area contributed by atoms with E-state index in [1.54, 1.807) is 0 Å². The highest BCUT2D eigenvalue weighted by Gasteiger charge is 2.15. The van der Waals surface area contributed by atoms with Crippen LogP contribution in [0.2, 0.25) is 0 Å². The van der Waals surface area contributed by atoms with Gasteiger partial charge in [0.25, 0.3) is 0 Å². The lowest BCUT2D eigenvalue weighted by atomic mass is 9.86. The average molecular weight is 283 g/mol. The highest BCUT2D eigenvalue weighted by molar-refractivity contribution is 5.30. The van der Waals surface area contributed by atoms with Crippen molar-refractivity contribution in [2.24, 2.45) is 0 Å². The zero-order chi connectivity index (χ0) is 15.6. The Hall–Kier alpha value is -1.67. The van der Waals surface area contributed by atoms with Gasteiger partial charge in [0.15, 0.2) is 0 Å². The SMILES string of the molecule is Cc1ccc(C(O)Cc2ccc(C(C)(C)C)cc2)c(C)n1. The molecule has 0 amide bonds. The molecule has 2 nitrogen and oxygen atoms in total. The van der Waals surface area contributed by atoms with Crippen LogP contribution in [-0.4, -0.2) is 10.1 Å². The summed E-state index contributed by atoms with van der Waals surface area (Å²) in [4.78, 5) is 4.42. The summed E-state index contributed by atoms with van der Waals surface area (Å²) >= 11 is 0. The Balaban J connectivity index is 2.14. The number of aromatic nitrogens is 1. The monoisotopic (exact) mass is 283 g/mol. The molecule has 1 unspecified atom stereocenters. The maximum atomic E-state index is 10.4. The van der Waals surface area contributed by atoms with Gasteiger partial charge >= 0.3 is 0 Å². The molecular weight excluding hydrogens is 258 g/mol. The van der Waals surface area contributed by atoms with Crippen molar-refractivity contribution in [3.8, 4) is 0 Å². The molecule has 0 aliphatic rings. The fourth-order valence-corrected chi connectivity index (χ4v) is 2.52. The Morgan fingerprint density at radius 3 is 2.14 bits per heavy atom. The number of rotatable bonds is 3. The quantitative estimate of drug-likeness (QED) is 0.912. The maximum absolute atomic E-state index is 10.4. The predicted octanol–water partition coefficient (Wildman–Crippen LogP) is 4.27. The zero-order valence-corrected chi connectivity index (χ0v) is 13.6. The van der Waals surface area contributed by atoms with Crippen molar-refractivity contribution in [3.63, 3.8) is 0 Å². The second kappa shape index (κ2) is 5.98. The van der Waals surface area contributed by atoms with Gasteiger partial charge in [0, 0.05) is 23.4 Å². The van der Waals surface area contributed by atoms with Gasteiger partial charge in [-0.1, -0.05) is 51.1 Å². The van der Waals surface area contributed by atoms with Gasteiger partial charge in [-0.3, -0.25) is 4.98 Å². The van der Waals surface area contributed by atoms with Crippen LogP contribution in [0.5, 0.6) is 0 Å². The molecule has 0 aliphatic heterocycles. The van der Waals surface area contributed by atoms with Crippen LogP contribution in [0.15, 0.2) is 36.4 Å². The summed E-state index contributed by atoms with van der Waals surface area (Å²) in [6.07, 6.45) is 0.120. The van der Waals surface area contributed by atoms with E-state index in [-0.39, 0.29) is 5.41 Å². The second-order valence-corrected chi connectivity index (χ2v) is 6.79.